The van der Waals surface area contributed by atoms with E-state index in [1.54, 1.807) is 6.92 Å². The van der Waals surface area contributed by atoms with Gasteiger partial charge in [0.05, 0.1) is 37.2 Å². The zero-order valence-corrected chi connectivity index (χ0v) is 22.6. The number of nitrogens with one attached hydrogen (secondary N) is 1. The number of aliphatic hydroxyl groups excluding tert-OH is 1. The van der Waals surface area contributed by atoms with Crippen LogP contribution in [0.25, 0.3) is 0 Å². The highest BCUT2D eigenvalue weighted by Crippen LogP contribution is 2.61. The largest absolute Gasteiger partial charge is 0.466 e. The number of carbonyl (C=O) groups excluding carboxylic acids is 3. The number of halogens is 1. The van der Waals surface area contributed by atoms with Gasteiger partial charge in [0, 0.05) is 10.5 Å². The number of esters is 1. The Labute approximate surface area is 224 Å². The Morgan fingerprint density at radius 3 is 2.65 bits per heavy atom. The van der Waals surface area contributed by atoms with Gasteiger partial charge in [0.25, 0.3) is 0 Å². The number of carbonyl (C=O) groups is 3. The Kier molecular flexibility index (Phi) is 6.89. The van der Waals surface area contributed by atoms with E-state index in [1.165, 1.54) is 4.90 Å². The molecule has 3 saturated heterocycles. The van der Waals surface area contributed by atoms with Gasteiger partial charge in [-0.15, -0.1) is 0 Å². The molecule has 0 radical (unpaired) electrons. The van der Waals surface area contributed by atoms with Crippen molar-refractivity contribution in [2.24, 2.45) is 11.8 Å². The smallest absolute Gasteiger partial charge is 0.312 e. The van der Waals surface area contributed by atoms with Crippen LogP contribution in [0.2, 0.25) is 0 Å². The first-order chi connectivity index (χ1) is 17.7. The summed E-state index contributed by atoms with van der Waals surface area (Å²) in [4.78, 5) is 42.6. The molecule has 2 aromatic rings. The van der Waals surface area contributed by atoms with Crippen molar-refractivity contribution in [3.63, 3.8) is 0 Å². The van der Waals surface area contributed by atoms with Crippen molar-refractivity contribution in [1.29, 1.82) is 0 Å². The standard InChI is InChI=1S/C28H31BrN2O6/c1-4-36-27(35)21-22-26(34)31(20(14-32)17-8-6-5-7-9-17)24(28(22)13-18(29)23(21)37-28)25(33)30-19-12-15(2)10-11-16(19)3/h5-12,18,20-24,32H,4,13-14H2,1-3H3,(H,30,33)/t18?,20-,21+,22+,23+,24?,28?/m1/s1. The quantitative estimate of drug-likeness (QED) is 0.391. The van der Waals surface area contributed by atoms with E-state index in [4.69, 9.17) is 9.47 Å². The summed E-state index contributed by atoms with van der Waals surface area (Å²) in [7, 11) is 0. The van der Waals surface area contributed by atoms with Gasteiger partial charge in [0.2, 0.25) is 11.8 Å². The first-order valence-corrected chi connectivity index (χ1v) is 13.5. The van der Waals surface area contributed by atoms with Gasteiger partial charge in [0.15, 0.2) is 0 Å². The summed E-state index contributed by atoms with van der Waals surface area (Å²) >= 11 is 3.65. The third kappa shape index (κ3) is 4.08. The molecule has 2 amide bonds. The third-order valence-electron chi connectivity index (χ3n) is 7.88. The van der Waals surface area contributed by atoms with Crippen molar-refractivity contribution in [3.8, 4) is 0 Å². The first-order valence-electron chi connectivity index (χ1n) is 12.6. The van der Waals surface area contributed by atoms with Gasteiger partial charge >= 0.3 is 5.97 Å². The fourth-order valence-corrected chi connectivity index (χ4v) is 7.25. The first kappa shape index (κ1) is 25.9. The van der Waals surface area contributed by atoms with Gasteiger partial charge in [0.1, 0.15) is 11.6 Å². The van der Waals surface area contributed by atoms with Crippen molar-refractivity contribution in [1.82, 2.24) is 4.90 Å². The van der Waals surface area contributed by atoms with Gasteiger partial charge < -0.3 is 24.8 Å². The van der Waals surface area contributed by atoms with Crippen molar-refractivity contribution < 1.29 is 29.0 Å². The number of aliphatic hydroxyl groups is 1. The van der Waals surface area contributed by atoms with E-state index >= 15 is 0 Å². The number of amides is 2. The van der Waals surface area contributed by atoms with Crippen molar-refractivity contribution in [2.75, 3.05) is 18.5 Å². The van der Waals surface area contributed by atoms with Gasteiger partial charge in [-0.2, -0.15) is 0 Å². The van der Waals surface area contributed by atoms with Crippen LogP contribution in [-0.2, 0) is 23.9 Å². The molecule has 3 fully saturated rings. The van der Waals surface area contributed by atoms with Gasteiger partial charge in [-0.05, 0) is 49.9 Å². The van der Waals surface area contributed by atoms with E-state index in [-0.39, 0.29) is 17.3 Å². The number of anilines is 1. The van der Waals surface area contributed by atoms with Crippen molar-refractivity contribution in [3.05, 3.63) is 65.2 Å². The summed E-state index contributed by atoms with van der Waals surface area (Å²) in [6.07, 6.45) is -0.214. The minimum Gasteiger partial charge on any atom is -0.466 e. The van der Waals surface area contributed by atoms with Gasteiger partial charge in [-0.25, -0.2) is 0 Å². The molecule has 0 saturated carbocycles. The van der Waals surface area contributed by atoms with Crippen LogP contribution in [0, 0.1) is 25.7 Å². The number of likely N-dealkylation sites (tertiary alicyclic amines) is 1. The molecule has 3 unspecified atom stereocenters. The van der Waals surface area contributed by atoms with E-state index < -0.39 is 54.1 Å². The highest BCUT2D eigenvalue weighted by molar-refractivity contribution is 9.09. The maximum Gasteiger partial charge on any atom is 0.312 e. The summed E-state index contributed by atoms with van der Waals surface area (Å²) in [6, 6.07) is 13.0. The molecule has 7 atom stereocenters. The molecule has 0 aromatic heterocycles. The summed E-state index contributed by atoms with van der Waals surface area (Å²) in [5, 5.41) is 13.5. The molecular weight excluding hydrogens is 540 g/mol. The predicted molar refractivity (Wildman–Crippen MR) is 140 cm³/mol. The monoisotopic (exact) mass is 570 g/mol. The molecule has 3 heterocycles. The van der Waals surface area contributed by atoms with Crippen LogP contribution >= 0.6 is 15.9 Å². The Balaban J connectivity index is 1.62. The van der Waals surface area contributed by atoms with E-state index in [2.05, 4.69) is 21.2 Å². The van der Waals surface area contributed by atoms with Crippen molar-refractivity contribution in [2.45, 2.75) is 55.8 Å². The van der Waals surface area contributed by atoms with Crippen LogP contribution in [0.15, 0.2) is 48.5 Å². The lowest BCUT2D eigenvalue weighted by Gasteiger charge is -2.37. The molecular formula is C28H31BrN2O6. The minimum atomic E-state index is -1.24. The number of aryl methyl sites for hydroxylation is 2. The molecule has 5 rings (SSSR count). The van der Waals surface area contributed by atoms with Crippen LogP contribution in [0.4, 0.5) is 5.69 Å². The summed E-state index contributed by atoms with van der Waals surface area (Å²) in [5.74, 6) is -3.04. The second kappa shape index (κ2) is 9.85. The van der Waals surface area contributed by atoms with Crippen LogP contribution in [-0.4, -0.2) is 63.6 Å². The average Bonchev–Trinajstić information content (AvgIpc) is 3.46. The molecule has 9 heteroatoms. The predicted octanol–water partition coefficient (Wildman–Crippen LogP) is 3.29. The highest BCUT2D eigenvalue weighted by atomic mass is 79.9. The number of hydrogen-bond donors (Lipinski definition) is 2. The number of fused-ring (bicyclic) bond motifs is 1. The Hall–Kier alpha value is -2.75. The SMILES string of the molecule is CCOC(=O)[C@H]1[C@H]2C(=O)N([C@H](CO)c3ccccc3)C(C(=O)Nc3cc(C)ccc3C)C23CC(Br)[C@@H]1O3. The average molecular weight is 571 g/mol. The number of hydrogen-bond acceptors (Lipinski definition) is 6. The van der Waals surface area contributed by atoms with Crippen molar-refractivity contribution >= 4 is 39.4 Å². The molecule has 37 heavy (non-hydrogen) atoms. The van der Waals surface area contributed by atoms with Gasteiger partial charge in [-0.3, -0.25) is 14.4 Å². The van der Waals surface area contributed by atoms with Crippen LogP contribution in [0.1, 0.15) is 36.1 Å². The summed E-state index contributed by atoms with van der Waals surface area (Å²) < 4.78 is 11.8. The minimum absolute atomic E-state index is 0.173. The zero-order valence-electron chi connectivity index (χ0n) is 21.0. The number of rotatable bonds is 7. The highest BCUT2D eigenvalue weighted by Gasteiger charge is 2.77. The molecule has 2 bridgehead atoms. The van der Waals surface area contributed by atoms with E-state index in [0.717, 1.165) is 11.1 Å². The third-order valence-corrected chi connectivity index (χ3v) is 8.72. The molecule has 3 aliphatic heterocycles. The maximum atomic E-state index is 14.2. The number of alkyl halides is 1. The van der Waals surface area contributed by atoms with E-state index in [0.29, 0.717) is 17.7 Å². The maximum absolute atomic E-state index is 14.2. The number of benzene rings is 2. The van der Waals surface area contributed by atoms with E-state index in [9.17, 15) is 19.5 Å². The Morgan fingerprint density at radius 1 is 1.24 bits per heavy atom. The topological polar surface area (TPSA) is 105 Å². The van der Waals surface area contributed by atoms with Crippen LogP contribution in [0.5, 0.6) is 0 Å². The molecule has 1 spiro atoms. The van der Waals surface area contributed by atoms with Gasteiger partial charge in [-0.1, -0.05) is 58.4 Å². The summed E-state index contributed by atoms with van der Waals surface area (Å²) in [5.41, 5.74) is 1.95. The molecule has 196 valence electrons. The number of nitrogens with zero attached hydrogens (tertiary/aromatic N) is 1. The summed E-state index contributed by atoms with van der Waals surface area (Å²) in [6.45, 7) is 5.34. The fraction of sp³-hybridized carbons (Fsp3) is 0.464. The lowest BCUT2D eigenvalue weighted by Crippen LogP contribution is -2.54. The zero-order chi connectivity index (χ0) is 26.5. The van der Waals surface area contributed by atoms with Crippen LogP contribution in [0.3, 0.4) is 0 Å². The second-order valence-corrected chi connectivity index (χ2v) is 11.3. The molecule has 2 N–H and O–H groups in total. The molecule has 3 aliphatic rings. The van der Waals surface area contributed by atoms with Crippen LogP contribution < -0.4 is 5.32 Å². The molecule has 2 aromatic carbocycles. The Bertz CT molecular complexity index is 1220. The normalized spacial score (nSPS) is 30.8. The molecule has 8 nitrogen and oxygen atoms in total. The van der Waals surface area contributed by atoms with E-state index in [1.807, 2.05) is 62.4 Å². The fourth-order valence-electron chi connectivity index (χ4n) is 6.31. The number of ether oxygens (including phenoxy) is 2. The molecule has 0 aliphatic carbocycles. The lowest BCUT2D eigenvalue weighted by molar-refractivity contribution is -0.155. The second-order valence-electron chi connectivity index (χ2n) is 10.1. The Morgan fingerprint density at radius 2 is 1.97 bits per heavy atom. The lowest BCUT2D eigenvalue weighted by atomic mass is 9.70.